The average Bonchev–Trinajstić information content (AvgIpc) is 2.68. The number of hydrogen-bond acceptors (Lipinski definition) is 5. The molecule has 9 heteroatoms. The van der Waals surface area contributed by atoms with Gasteiger partial charge in [0.25, 0.3) is 11.1 Å². The lowest BCUT2D eigenvalue weighted by Crippen LogP contribution is -2.24. The molecule has 0 aromatic heterocycles. The van der Waals surface area contributed by atoms with Crippen molar-refractivity contribution in [1.29, 1.82) is 0 Å². The molecule has 2 amide bonds. The Morgan fingerprint density at radius 3 is 2.43 bits per heavy atom. The first-order valence-corrected chi connectivity index (χ1v) is 10.4. The first-order chi connectivity index (χ1) is 13.2. The highest BCUT2D eigenvalue weighted by Crippen LogP contribution is 2.23. The average molecular weight is 418 g/mol. The third kappa shape index (κ3) is 5.85. The van der Waals surface area contributed by atoms with Gasteiger partial charge < -0.3 is 10.2 Å². The summed E-state index contributed by atoms with van der Waals surface area (Å²) in [6, 6.07) is 12.4. The minimum atomic E-state index is -3.79. The van der Waals surface area contributed by atoms with Crippen molar-refractivity contribution in [2.24, 2.45) is 0 Å². The van der Waals surface area contributed by atoms with E-state index < -0.39 is 15.9 Å². The number of sulfonamides is 1. The van der Waals surface area contributed by atoms with E-state index in [1.54, 1.807) is 38.4 Å². The van der Waals surface area contributed by atoms with E-state index in [4.69, 9.17) is 6.42 Å². The second-order valence-corrected chi connectivity index (χ2v) is 8.59. The van der Waals surface area contributed by atoms with E-state index in [9.17, 15) is 18.0 Å². The molecule has 2 rings (SSSR count). The lowest BCUT2D eigenvalue weighted by atomic mass is 10.2. The van der Waals surface area contributed by atoms with Crippen LogP contribution in [0.4, 0.5) is 10.5 Å². The molecule has 0 atom stereocenters. The van der Waals surface area contributed by atoms with E-state index >= 15 is 0 Å². The van der Waals surface area contributed by atoms with E-state index in [-0.39, 0.29) is 22.2 Å². The van der Waals surface area contributed by atoms with Gasteiger partial charge in [0.05, 0.1) is 11.4 Å². The van der Waals surface area contributed by atoms with Gasteiger partial charge in [0.2, 0.25) is 10.0 Å². The number of benzene rings is 2. The number of carbonyl (C=O) groups excluding carboxylic acids is 2. The number of terminal acetylenes is 1. The Labute approximate surface area is 168 Å². The Morgan fingerprint density at radius 1 is 1.14 bits per heavy atom. The number of hydrogen-bond donors (Lipinski definition) is 2. The fraction of sp³-hybridized carbons (Fsp3) is 0.158. The van der Waals surface area contributed by atoms with E-state index in [0.29, 0.717) is 5.69 Å². The quantitative estimate of drug-likeness (QED) is 0.556. The fourth-order valence-corrected chi connectivity index (χ4v) is 3.66. The Hall–Kier alpha value is -2.80. The molecule has 0 fully saturated rings. The molecule has 146 valence electrons. The first-order valence-electron chi connectivity index (χ1n) is 8.06. The molecule has 2 N–H and O–H groups in total. The molecule has 0 saturated carbocycles. The van der Waals surface area contributed by atoms with Crippen LogP contribution in [0.15, 0.2) is 58.3 Å². The van der Waals surface area contributed by atoms with Gasteiger partial charge in [0.1, 0.15) is 0 Å². The molecular weight excluding hydrogens is 398 g/mol. The highest BCUT2D eigenvalue weighted by molar-refractivity contribution is 8.13. The van der Waals surface area contributed by atoms with Gasteiger partial charge in [0, 0.05) is 30.2 Å². The van der Waals surface area contributed by atoms with Crippen molar-refractivity contribution >= 4 is 38.6 Å². The Kier molecular flexibility index (Phi) is 7.23. The lowest BCUT2D eigenvalue weighted by molar-refractivity contribution is 0.102. The summed E-state index contributed by atoms with van der Waals surface area (Å²) in [6.45, 7) is -0.139. The van der Waals surface area contributed by atoms with Crippen LogP contribution >= 0.6 is 11.8 Å². The number of rotatable bonds is 6. The molecule has 0 aliphatic carbocycles. The zero-order valence-electron chi connectivity index (χ0n) is 15.3. The number of thioether (sulfide) groups is 1. The summed E-state index contributed by atoms with van der Waals surface area (Å²) in [6.07, 6.45) is 5.07. The molecule has 2 aromatic carbocycles. The van der Waals surface area contributed by atoms with Crippen LogP contribution in [0.3, 0.4) is 0 Å². The van der Waals surface area contributed by atoms with Crippen molar-refractivity contribution in [2.75, 3.05) is 26.0 Å². The summed E-state index contributed by atoms with van der Waals surface area (Å²) in [5, 5.41) is 2.59. The van der Waals surface area contributed by atoms with E-state index in [1.807, 2.05) is 0 Å². The fourth-order valence-electron chi connectivity index (χ4n) is 2.03. The highest BCUT2D eigenvalue weighted by atomic mass is 32.2. The van der Waals surface area contributed by atoms with Crippen LogP contribution in [0.5, 0.6) is 0 Å². The first kappa shape index (κ1) is 21.5. The molecule has 0 unspecified atom stereocenters. The van der Waals surface area contributed by atoms with Gasteiger partial charge in [-0.05, 0) is 54.2 Å². The number of nitrogens with one attached hydrogen (secondary N) is 2. The Bertz CT molecular complexity index is 1010. The topological polar surface area (TPSA) is 95.6 Å². The SMILES string of the molecule is C#CCNS(=O)(=O)c1cccc(C(=O)Nc2ccc(SC(=O)N(C)C)cc2)c1. The monoisotopic (exact) mass is 417 g/mol. The Morgan fingerprint density at radius 2 is 1.82 bits per heavy atom. The van der Waals surface area contributed by atoms with Gasteiger partial charge in [-0.3, -0.25) is 9.59 Å². The molecule has 7 nitrogen and oxygen atoms in total. The molecule has 0 aliphatic heterocycles. The van der Waals surface area contributed by atoms with Gasteiger partial charge in [-0.2, -0.15) is 4.72 Å². The zero-order valence-corrected chi connectivity index (χ0v) is 16.9. The molecule has 0 spiro atoms. The summed E-state index contributed by atoms with van der Waals surface area (Å²) in [5.74, 6) is 1.73. The van der Waals surface area contributed by atoms with E-state index in [2.05, 4.69) is 16.0 Å². The van der Waals surface area contributed by atoms with Crippen LogP contribution in [0.2, 0.25) is 0 Å². The van der Waals surface area contributed by atoms with Crippen LogP contribution in [0, 0.1) is 12.3 Å². The third-order valence-corrected chi connectivity index (χ3v) is 5.90. The molecular formula is C19H19N3O4S2. The smallest absolute Gasteiger partial charge is 0.285 e. The van der Waals surface area contributed by atoms with Crippen LogP contribution in [0.25, 0.3) is 0 Å². The van der Waals surface area contributed by atoms with E-state index in [0.717, 1.165) is 16.7 Å². The van der Waals surface area contributed by atoms with Crippen molar-refractivity contribution in [3.63, 3.8) is 0 Å². The van der Waals surface area contributed by atoms with Gasteiger partial charge >= 0.3 is 0 Å². The number of amides is 2. The minimum Gasteiger partial charge on any atom is -0.339 e. The molecule has 0 heterocycles. The van der Waals surface area contributed by atoms with Crippen LogP contribution in [-0.4, -0.2) is 45.1 Å². The summed E-state index contributed by atoms with van der Waals surface area (Å²) in [7, 11) is -0.453. The molecule has 0 saturated heterocycles. The minimum absolute atomic E-state index is 0.0515. The zero-order chi connectivity index (χ0) is 20.7. The molecule has 28 heavy (non-hydrogen) atoms. The van der Waals surface area contributed by atoms with Crippen molar-refractivity contribution in [1.82, 2.24) is 9.62 Å². The molecule has 0 bridgehead atoms. The maximum Gasteiger partial charge on any atom is 0.285 e. The second kappa shape index (κ2) is 9.41. The lowest BCUT2D eigenvalue weighted by Gasteiger charge is -2.10. The van der Waals surface area contributed by atoms with Crippen LogP contribution in [-0.2, 0) is 10.0 Å². The second-order valence-electron chi connectivity index (χ2n) is 5.80. The third-order valence-electron chi connectivity index (χ3n) is 3.45. The predicted octanol–water partition coefficient (Wildman–Crippen LogP) is 2.62. The summed E-state index contributed by atoms with van der Waals surface area (Å²) >= 11 is 1.07. The highest BCUT2D eigenvalue weighted by Gasteiger charge is 2.16. The number of carbonyl (C=O) groups is 2. The van der Waals surface area contributed by atoms with Gasteiger partial charge in [0.15, 0.2) is 0 Å². The molecule has 0 aliphatic rings. The van der Waals surface area contributed by atoms with Gasteiger partial charge in [-0.1, -0.05) is 12.0 Å². The molecule has 2 aromatic rings. The van der Waals surface area contributed by atoms with Crippen molar-refractivity contribution in [3.05, 3.63) is 54.1 Å². The number of anilines is 1. The predicted molar refractivity (Wildman–Crippen MR) is 110 cm³/mol. The van der Waals surface area contributed by atoms with Crippen molar-refractivity contribution < 1.29 is 18.0 Å². The standard InChI is InChI=1S/C19H19N3O4S2/c1-4-12-20-28(25,26)17-7-5-6-14(13-17)18(23)21-15-8-10-16(11-9-15)27-19(24)22(2)3/h1,5-11,13,20H,12H2,2-3H3,(H,21,23). The Balaban J connectivity index is 2.10. The summed E-state index contributed by atoms with van der Waals surface area (Å²) in [5.41, 5.74) is 0.704. The summed E-state index contributed by atoms with van der Waals surface area (Å²) in [4.78, 5) is 26.3. The largest absolute Gasteiger partial charge is 0.339 e. The van der Waals surface area contributed by atoms with Crippen LogP contribution < -0.4 is 10.0 Å². The number of nitrogens with zero attached hydrogens (tertiary/aromatic N) is 1. The van der Waals surface area contributed by atoms with E-state index in [1.165, 1.54) is 29.2 Å². The van der Waals surface area contributed by atoms with Gasteiger partial charge in [-0.25, -0.2) is 8.42 Å². The summed E-state index contributed by atoms with van der Waals surface area (Å²) < 4.78 is 26.5. The van der Waals surface area contributed by atoms with Gasteiger partial charge in [-0.15, -0.1) is 6.42 Å². The maximum atomic E-state index is 12.4. The van der Waals surface area contributed by atoms with Crippen molar-refractivity contribution in [3.8, 4) is 12.3 Å². The van der Waals surface area contributed by atoms with Crippen molar-refractivity contribution in [2.45, 2.75) is 9.79 Å². The normalized spacial score (nSPS) is 10.8. The molecule has 0 radical (unpaired) electrons. The van der Waals surface area contributed by atoms with Crippen LogP contribution in [0.1, 0.15) is 10.4 Å². The maximum absolute atomic E-state index is 12.4.